The van der Waals surface area contributed by atoms with Crippen LogP contribution in [0.25, 0.3) is 22.2 Å². The third-order valence-electron chi connectivity index (χ3n) is 3.37. The van der Waals surface area contributed by atoms with Gasteiger partial charge in [-0.15, -0.1) is 0 Å². The Morgan fingerprint density at radius 2 is 2.39 bits per heavy atom. The Hall–Kier alpha value is -3.28. The summed E-state index contributed by atoms with van der Waals surface area (Å²) in [7, 11) is 0. The van der Waals surface area contributed by atoms with E-state index in [2.05, 4.69) is 21.9 Å². The van der Waals surface area contributed by atoms with Crippen LogP contribution in [-0.2, 0) is 0 Å². The number of furan rings is 1. The molecule has 0 bridgehead atoms. The average molecular weight is 309 g/mol. The van der Waals surface area contributed by atoms with Crippen molar-refractivity contribution >= 4 is 16.9 Å². The number of pyridine rings is 1. The quantitative estimate of drug-likeness (QED) is 0.498. The molecule has 0 atom stereocenters. The second-order valence-electron chi connectivity index (χ2n) is 4.91. The van der Waals surface area contributed by atoms with Crippen molar-refractivity contribution in [1.82, 2.24) is 15.3 Å². The summed E-state index contributed by atoms with van der Waals surface area (Å²) >= 11 is 0. The number of rotatable bonds is 5. The van der Waals surface area contributed by atoms with Crippen molar-refractivity contribution in [3.05, 3.63) is 67.1 Å². The molecule has 3 aromatic rings. The molecule has 23 heavy (non-hydrogen) atoms. The molecule has 6 heteroatoms. The van der Waals surface area contributed by atoms with Gasteiger partial charge in [-0.05, 0) is 18.2 Å². The maximum Gasteiger partial charge on any atom is 0.253 e. The lowest BCUT2D eigenvalue weighted by atomic mass is 10.1. The Balaban J connectivity index is 1.87. The molecule has 0 aliphatic rings. The lowest BCUT2D eigenvalue weighted by Gasteiger charge is -2.05. The minimum Gasteiger partial charge on any atom is -0.510 e. The number of carbonyl (C=O) groups excluding carboxylic acids is 1. The van der Waals surface area contributed by atoms with Crippen molar-refractivity contribution in [2.75, 3.05) is 6.54 Å². The van der Waals surface area contributed by atoms with Crippen LogP contribution in [0.15, 0.2) is 66.0 Å². The first kappa shape index (κ1) is 14.6. The molecule has 0 radical (unpaired) electrons. The summed E-state index contributed by atoms with van der Waals surface area (Å²) in [4.78, 5) is 19.5. The van der Waals surface area contributed by atoms with Gasteiger partial charge in [-0.25, -0.2) is 4.98 Å². The summed E-state index contributed by atoms with van der Waals surface area (Å²) in [5.74, 6) is -0.286. The number of fused-ring (bicyclic) bond motifs is 1. The van der Waals surface area contributed by atoms with Crippen LogP contribution in [0.3, 0.4) is 0 Å². The number of H-pyrrole nitrogens is 1. The SMILES string of the molecule is C=C/C=C(\O)CNC(=O)c1cnc2[nH]cc(-c3ccoc3)c2c1. The number of hydrogen-bond acceptors (Lipinski definition) is 4. The summed E-state index contributed by atoms with van der Waals surface area (Å²) in [6.07, 6.45) is 9.40. The molecule has 0 unspecified atom stereocenters. The second-order valence-corrected chi connectivity index (χ2v) is 4.91. The highest BCUT2D eigenvalue weighted by molar-refractivity contribution is 6.00. The molecular weight excluding hydrogens is 294 g/mol. The smallest absolute Gasteiger partial charge is 0.253 e. The van der Waals surface area contributed by atoms with Crippen molar-refractivity contribution in [2.45, 2.75) is 0 Å². The third-order valence-corrected chi connectivity index (χ3v) is 3.37. The molecule has 0 fully saturated rings. The fourth-order valence-electron chi connectivity index (χ4n) is 2.25. The first-order valence-electron chi connectivity index (χ1n) is 6.97. The van der Waals surface area contributed by atoms with Gasteiger partial charge >= 0.3 is 0 Å². The van der Waals surface area contributed by atoms with Crippen LogP contribution < -0.4 is 5.32 Å². The number of allylic oxidation sites excluding steroid dienone is 2. The summed E-state index contributed by atoms with van der Waals surface area (Å²) < 4.78 is 5.10. The van der Waals surface area contributed by atoms with Gasteiger partial charge in [-0.3, -0.25) is 4.79 Å². The number of aromatic nitrogens is 2. The van der Waals surface area contributed by atoms with E-state index >= 15 is 0 Å². The largest absolute Gasteiger partial charge is 0.510 e. The lowest BCUT2D eigenvalue weighted by molar-refractivity contribution is 0.0952. The molecule has 0 aliphatic carbocycles. The summed E-state index contributed by atoms with van der Waals surface area (Å²) in [5.41, 5.74) is 2.91. The number of aromatic amines is 1. The van der Waals surface area contributed by atoms with Crippen molar-refractivity contribution in [3.63, 3.8) is 0 Å². The van der Waals surface area contributed by atoms with Gasteiger partial charge in [0, 0.05) is 28.9 Å². The van der Waals surface area contributed by atoms with Crippen molar-refractivity contribution in [2.24, 2.45) is 0 Å². The standard InChI is InChI=1S/C17H15N3O3/c1-2-3-13(21)8-20-17(22)12-6-14-15(11-4-5-23-10-11)9-19-16(14)18-7-12/h2-7,9-10,21H,1,8H2,(H,18,19)(H,20,22)/b13-3-. The Kier molecular flexibility index (Phi) is 3.97. The van der Waals surface area contributed by atoms with E-state index in [9.17, 15) is 9.90 Å². The van der Waals surface area contributed by atoms with E-state index in [1.807, 2.05) is 12.3 Å². The number of hydrogen-bond donors (Lipinski definition) is 3. The van der Waals surface area contributed by atoms with Crippen LogP contribution in [0.2, 0.25) is 0 Å². The number of nitrogens with one attached hydrogen (secondary N) is 2. The van der Waals surface area contributed by atoms with Gasteiger partial charge in [0.2, 0.25) is 0 Å². The van der Waals surface area contributed by atoms with E-state index in [0.29, 0.717) is 11.2 Å². The molecule has 6 nitrogen and oxygen atoms in total. The highest BCUT2D eigenvalue weighted by Gasteiger charge is 2.12. The number of nitrogens with zero attached hydrogens (tertiary/aromatic N) is 1. The van der Waals surface area contributed by atoms with E-state index in [0.717, 1.165) is 16.5 Å². The summed E-state index contributed by atoms with van der Waals surface area (Å²) in [5, 5.41) is 12.9. The number of carbonyl (C=O) groups is 1. The second kappa shape index (κ2) is 6.23. The maximum absolute atomic E-state index is 12.2. The molecule has 116 valence electrons. The predicted octanol–water partition coefficient (Wildman–Crippen LogP) is 3.18. The monoisotopic (exact) mass is 309 g/mol. The molecule has 0 aromatic carbocycles. The Bertz CT molecular complexity index is 876. The Labute approximate surface area is 132 Å². The number of aliphatic hydroxyl groups is 1. The topological polar surface area (TPSA) is 91.1 Å². The number of amides is 1. The van der Waals surface area contributed by atoms with E-state index in [4.69, 9.17) is 4.42 Å². The molecular formula is C17H15N3O3. The zero-order chi connectivity index (χ0) is 16.2. The van der Waals surface area contributed by atoms with Crippen LogP contribution >= 0.6 is 0 Å². The van der Waals surface area contributed by atoms with E-state index in [-0.39, 0.29) is 18.2 Å². The molecule has 1 amide bonds. The van der Waals surface area contributed by atoms with Crippen LogP contribution in [0.1, 0.15) is 10.4 Å². The normalized spacial score (nSPS) is 11.6. The minimum absolute atomic E-state index is 0.0307. The molecule has 3 aromatic heterocycles. The molecule has 0 saturated heterocycles. The highest BCUT2D eigenvalue weighted by atomic mass is 16.3. The molecule has 3 N–H and O–H groups in total. The van der Waals surface area contributed by atoms with Crippen molar-refractivity contribution < 1.29 is 14.3 Å². The van der Waals surface area contributed by atoms with E-state index < -0.39 is 0 Å². The average Bonchev–Trinajstić information content (AvgIpc) is 3.21. The van der Waals surface area contributed by atoms with E-state index in [1.165, 1.54) is 18.3 Å². The van der Waals surface area contributed by atoms with Crippen LogP contribution in [0.5, 0.6) is 0 Å². The first-order chi connectivity index (χ1) is 11.2. The van der Waals surface area contributed by atoms with Gasteiger partial charge in [0.05, 0.1) is 24.6 Å². The predicted molar refractivity (Wildman–Crippen MR) is 87.0 cm³/mol. The fourth-order valence-corrected chi connectivity index (χ4v) is 2.25. The van der Waals surface area contributed by atoms with Gasteiger partial charge in [0.25, 0.3) is 5.91 Å². The van der Waals surface area contributed by atoms with Gasteiger partial charge < -0.3 is 19.8 Å². The molecule has 0 saturated carbocycles. The van der Waals surface area contributed by atoms with E-state index in [1.54, 1.807) is 18.6 Å². The summed E-state index contributed by atoms with van der Waals surface area (Å²) in [6, 6.07) is 3.60. The fraction of sp³-hybridized carbons (Fsp3) is 0.0588. The van der Waals surface area contributed by atoms with Crippen molar-refractivity contribution in [1.29, 1.82) is 0 Å². The van der Waals surface area contributed by atoms with Gasteiger partial charge in [0.15, 0.2) is 0 Å². The molecule has 3 heterocycles. The summed E-state index contributed by atoms with van der Waals surface area (Å²) in [6.45, 7) is 3.51. The number of aliphatic hydroxyl groups excluding tert-OH is 1. The Morgan fingerprint density at radius 3 is 3.13 bits per heavy atom. The Morgan fingerprint density at radius 1 is 1.52 bits per heavy atom. The molecule has 0 aliphatic heterocycles. The lowest BCUT2D eigenvalue weighted by Crippen LogP contribution is -2.25. The molecule has 0 spiro atoms. The van der Waals surface area contributed by atoms with Gasteiger partial charge in [-0.2, -0.15) is 0 Å². The van der Waals surface area contributed by atoms with Gasteiger partial charge in [0.1, 0.15) is 11.4 Å². The molecule has 3 rings (SSSR count). The highest BCUT2D eigenvalue weighted by Crippen LogP contribution is 2.28. The maximum atomic E-state index is 12.2. The zero-order valence-electron chi connectivity index (χ0n) is 12.2. The van der Waals surface area contributed by atoms with Crippen LogP contribution in [0, 0.1) is 0 Å². The third kappa shape index (κ3) is 3.01. The van der Waals surface area contributed by atoms with Gasteiger partial charge in [-0.1, -0.05) is 12.7 Å². The van der Waals surface area contributed by atoms with Crippen LogP contribution in [-0.4, -0.2) is 27.5 Å². The first-order valence-corrected chi connectivity index (χ1v) is 6.97. The minimum atomic E-state index is -0.317. The zero-order valence-corrected chi connectivity index (χ0v) is 12.2. The van der Waals surface area contributed by atoms with Crippen LogP contribution in [0.4, 0.5) is 0 Å². The van der Waals surface area contributed by atoms with Crippen molar-refractivity contribution in [3.8, 4) is 11.1 Å².